The van der Waals surface area contributed by atoms with Crippen molar-refractivity contribution >= 4 is 34.2 Å². The minimum Gasteiger partial charge on any atom is -0.468 e. The predicted molar refractivity (Wildman–Crippen MR) is 72.6 cm³/mol. The lowest BCUT2D eigenvalue weighted by molar-refractivity contribution is -0.137. The van der Waals surface area contributed by atoms with Crippen molar-refractivity contribution in [2.45, 2.75) is 6.92 Å². The van der Waals surface area contributed by atoms with Gasteiger partial charge in [0, 0.05) is 13.0 Å². The van der Waals surface area contributed by atoms with Crippen molar-refractivity contribution in [1.82, 2.24) is 0 Å². The average Bonchev–Trinajstić information content (AvgIpc) is 2.39. The van der Waals surface area contributed by atoms with Gasteiger partial charge in [0.2, 0.25) is 0 Å². The maximum absolute atomic E-state index is 13.3. The van der Waals surface area contributed by atoms with E-state index in [1.54, 1.807) is 0 Å². The van der Waals surface area contributed by atoms with E-state index in [2.05, 4.69) is 15.3 Å². The number of benzene rings is 1. The molecule has 0 heterocycles. The van der Waals surface area contributed by atoms with E-state index in [1.165, 1.54) is 14.0 Å². The number of ether oxygens (including phenoxy) is 1. The molecule has 1 N–H and O–H groups in total. The number of halogens is 2. The van der Waals surface area contributed by atoms with Crippen LogP contribution in [0.4, 0.5) is 14.5 Å². The van der Waals surface area contributed by atoms with Crippen LogP contribution in [0, 0.1) is 11.6 Å². The van der Waals surface area contributed by atoms with Crippen LogP contribution in [0.5, 0.6) is 0 Å². The number of esters is 1. The lowest BCUT2D eigenvalue weighted by Gasteiger charge is -2.05. The van der Waals surface area contributed by atoms with Crippen LogP contribution in [-0.2, 0) is 14.3 Å². The Kier molecular flexibility index (Phi) is 6.10. The molecule has 108 valence electrons. The fourth-order valence-corrected chi connectivity index (χ4v) is 1.78. The zero-order valence-electron chi connectivity index (χ0n) is 10.8. The highest BCUT2D eigenvalue weighted by atomic mass is 32.2. The highest BCUT2D eigenvalue weighted by molar-refractivity contribution is 8.16. The lowest BCUT2D eigenvalue weighted by atomic mass is 10.3. The third-order valence-electron chi connectivity index (χ3n) is 2.06. The Morgan fingerprint density at radius 3 is 2.65 bits per heavy atom. The van der Waals surface area contributed by atoms with E-state index >= 15 is 0 Å². The van der Waals surface area contributed by atoms with Crippen LogP contribution in [0.1, 0.15) is 6.92 Å². The normalized spacial score (nSPS) is 11.1. The maximum Gasteiger partial charge on any atom is 0.316 e. The number of hydrazone groups is 1. The zero-order valence-corrected chi connectivity index (χ0v) is 11.6. The molecule has 0 saturated carbocycles. The number of anilines is 1. The highest BCUT2D eigenvalue weighted by Crippen LogP contribution is 2.15. The van der Waals surface area contributed by atoms with E-state index in [-0.39, 0.29) is 16.5 Å². The molecule has 0 aliphatic rings. The number of carbonyl (C=O) groups excluding carboxylic acids is 2. The zero-order chi connectivity index (χ0) is 15.1. The van der Waals surface area contributed by atoms with E-state index < -0.39 is 23.4 Å². The van der Waals surface area contributed by atoms with Crippen LogP contribution in [0.25, 0.3) is 0 Å². The Morgan fingerprint density at radius 2 is 2.10 bits per heavy atom. The molecule has 1 aromatic rings. The molecule has 5 nitrogen and oxygen atoms in total. The van der Waals surface area contributed by atoms with Crippen molar-refractivity contribution in [3.05, 3.63) is 29.8 Å². The molecule has 0 atom stereocenters. The number of thioether (sulfide) groups is 1. The van der Waals surface area contributed by atoms with Crippen LogP contribution >= 0.6 is 11.8 Å². The average molecular weight is 302 g/mol. The van der Waals surface area contributed by atoms with Gasteiger partial charge in [0.05, 0.1) is 18.6 Å². The minimum atomic E-state index is -0.838. The second-order valence-corrected chi connectivity index (χ2v) is 4.54. The second-order valence-electron chi connectivity index (χ2n) is 3.57. The van der Waals surface area contributed by atoms with Crippen LogP contribution < -0.4 is 5.43 Å². The third-order valence-corrected chi connectivity index (χ3v) is 3.10. The second kappa shape index (κ2) is 7.59. The first-order chi connectivity index (χ1) is 9.43. The van der Waals surface area contributed by atoms with Crippen LogP contribution in [0.15, 0.2) is 23.3 Å². The van der Waals surface area contributed by atoms with Crippen LogP contribution in [0.3, 0.4) is 0 Å². The van der Waals surface area contributed by atoms with Crippen molar-refractivity contribution in [2.75, 3.05) is 18.3 Å². The van der Waals surface area contributed by atoms with Crippen molar-refractivity contribution in [3.63, 3.8) is 0 Å². The monoisotopic (exact) mass is 302 g/mol. The first-order valence-corrected chi connectivity index (χ1v) is 6.42. The van der Waals surface area contributed by atoms with Crippen molar-refractivity contribution in [3.8, 4) is 0 Å². The third kappa shape index (κ3) is 4.96. The molecule has 0 saturated heterocycles. The Morgan fingerprint density at radius 1 is 1.40 bits per heavy atom. The number of ketones is 1. The number of nitrogens with one attached hydrogen (secondary N) is 1. The van der Waals surface area contributed by atoms with Gasteiger partial charge in [-0.1, -0.05) is 11.8 Å². The predicted octanol–water partition coefficient (Wildman–Crippen LogP) is 2.19. The molecule has 0 spiro atoms. The summed E-state index contributed by atoms with van der Waals surface area (Å²) in [6.45, 7) is 1.26. The Bertz CT molecular complexity index is 550. The standard InChI is InChI=1S/C12H12F2N2O3S/c1-7(17)12(20-6-11(18)19-2)16-15-10-4-3-8(13)5-9(10)14/h3-5,15H,6H2,1-2H3/b16-12-. The van der Waals surface area contributed by atoms with Gasteiger partial charge in [0.1, 0.15) is 5.82 Å². The number of hydrogen-bond acceptors (Lipinski definition) is 6. The van der Waals surface area contributed by atoms with Gasteiger partial charge in [-0.2, -0.15) is 5.10 Å². The molecule has 0 unspecified atom stereocenters. The molecule has 0 bridgehead atoms. The first-order valence-electron chi connectivity index (χ1n) is 5.43. The van der Waals surface area contributed by atoms with Gasteiger partial charge >= 0.3 is 5.97 Å². The summed E-state index contributed by atoms with van der Waals surface area (Å²) in [6.07, 6.45) is 0. The van der Waals surface area contributed by atoms with Gasteiger partial charge < -0.3 is 4.74 Å². The highest BCUT2D eigenvalue weighted by Gasteiger charge is 2.11. The Labute approximate surface area is 118 Å². The maximum atomic E-state index is 13.3. The molecule has 0 fully saturated rings. The molecule has 8 heteroatoms. The molecule has 0 aliphatic heterocycles. The van der Waals surface area contributed by atoms with Crippen molar-refractivity contribution in [2.24, 2.45) is 5.10 Å². The molecule has 0 radical (unpaired) electrons. The molecule has 0 aromatic heterocycles. The summed E-state index contributed by atoms with van der Waals surface area (Å²) in [7, 11) is 1.22. The largest absolute Gasteiger partial charge is 0.468 e. The van der Waals surface area contributed by atoms with E-state index in [0.717, 1.165) is 23.9 Å². The smallest absolute Gasteiger partial charge is 0.316 e. The molecule has 1 rings (SSSR count). The van der Waals surface area contributed by atoms with Gasteiger partial charge in [0.15, 0.2) is 16.6 Å². The number of carbonyl (C=O) groups is 2. The van der Waals surface area contributed by atoms with Crippen LogP contribution in [-0.4, -0.2) is 29.7 Å². The van der Waals surface area contributed by atoms with Crippen molar-refractivity contribution < 1.29 is 23.1 Å². The Balaban J connectivity index is 2.76. The summed E-state index contributed by atoms with van der Waals surface area (Å²) in [6, 6.07) is 2.89. The molecule has 20 heavy (non-hydrogen) atoms. The van der Waals surface area contributed by atoms with Gasteiger partial charge in [-0.05, 0) is 12.1 Å². The van der Waals surface area contributed by atoms with E-state index in [4.69, 9.17) is 0 Å². The van der Waals surface area contributed by atoms with E-state index in [9.17, 15) is 18.4 Å². The number of rotatable bonds is 5. The summed E-state index contributed by atoms with van der Waals surface area (Å²) < 4.78 is 30.5. The SMILES string of the molecule is COC(=O)CS/C(=N\Nc1ccc(F)cc1F)C(C)=O. The van der Waals surface area contributed by atoms with Gasteiger partial charge in [0.25, 0.3) is 0 Å². The quantitative estimate of drug-likeness (QED) is 0.391. The number of methoxy groups -OCH3 is 1. The summed E-state index contributed by atoms with van der Waals surface area (Å²) in [5.41, 5.74) is 2.24. The van der Waals surface area contributed by atoms with Gasteiger partial charge in [-0.15, -0.1) is 0 Å². The number of nitrogens with zero attached hydrogens (tertiary/aromatic N) is 1. The fourth-order valence-electron chi connectivity index (χ4n) is 1.09. The lowest BCUT2D eigenvalue weighted by Crippen LogP contribution is -2.13. The minimum absolute atomic E-state index is 0.0147. The molecule has 1 aromatic carbocycles. The molecule has 0 amide bonds. The topological polar surface area (TPSA) is 67.8 Å². The Hall–Kier alpha value is -1.96. The van der Waals surface area contributed by atoms with Crippen molar-refractivity contribution in [1.29, 1.82) is 0 Å². The molecular formula is C12H12F2N2O3S. The summed E-state index contributed by atoms with van der Waals surface area (Å²) in [5.74, 6) is -2.56. The summed E-state index contributed by atoms with van der Waals surface area (Å²) >= 11 is 0.857. The van der Waals surface area contributed by atoms with Crippen LogP contribution in [0.2, 0.25) is 0 Å². The van der Waals surface area contributed by atoms with Gasteiger partial charge in [-0.25, -0.2) is 8.78 Å². The molecule has 0 aliphatic carbocycles. The van der Waals surface area contributed by atoms with Gasteiger partial charge in [-0.3, -0.25) is 15.0 Å². The van der Waals surface area contributed by atoms with E-state index in [1.807, 2.05) is 0 Å². The summed E-state index contributed by atoms with van der Waals surface area (Å²) in [4.78, 5) is 22.3. The fraction of sp³-hybridized carbons (Fsp3) is 0.250. The number of Topliss-reactive ketones (excluding diaryl/α,β-unsaturated/α-hetero) is 1. The summed E-state index contributed by atoms with van der Waals surface area (Å²) in [5, 5.41) is 3.69. The first kappa shape index (κ1) is 16.1. The molecular weight excluding hydrogens is 290 g/mol. The number of hydrogen-bond donors (Lipinski definition) is 1. The van der Waals surface area contributed by atoms with E-state index in [0.29, 0.717) is 6.07 Å².